The Morgan fingerprint density at radius 2 is 1.83 bits per heavy atom. The van der Waals surface area contributed by atoms with E-state index in [2.05, 4.69) is 26.1 Å². The molecule has 1 heterocycles. The van der Waals surface area contributed by atoms with Gasteiger partial charge in [0.05, 0.1) is 0 Å². The normalized spacial score (nSPS) is 8.25. The molecular formula is C11H16S. The lowest BCUT2D eigenvalue weighted by molar-refractivity contribution is 1.50. The summed E-state index contributed by atoms with van der Waals surface area (Å²) in [6.07, 6.45) is 3.73. The van der Waals surface area contributed by atoms with Crippen LogP contribution in [0, 0.1) is 6.92 Å². The predicted molar refractivity (Wildman–Crippen MR) is 60.6 cm³/mol. The number of hydrogen-bond donors (Lipinski definition) is 0. The van der Waals surface area contributed by atoms with Crippen LogP contribution in [0.1, 0.15) is 29.2 Å². The highest BCUT2D eigenvalue weighted by Crippen LogP contribution is 2.23. The Morgan fingerprint density at radius 3 is 2.17 bits per heavy atom. The Bertz CT molecular complexity index is 230. The third-order valence-corrected chi connectivity index (χ3v) is 2.38. The Labute approximate surface area is 79.3 Å². The number of thiophene rings is 1. The second-order valence-corrected chi connectivity index (χ2v) is 3.37. The zero-order chi connectivity index (χ0) is 9.56. The summed E-state index contributed by atoms with van der Waals surface area (Å²) in [4.78, 5) is 2.53. The lowest BCUT2D eigenvalue weighted by Gasteiger charge is -1.85. The molecule has 0 amide bonds. The average Bonchev–Trinajstić information content (AvgIpc) is 2.49. The van der Waals surface area contributed by atoms with Gasteiger partial charge in [0.25, 0.3) is 0 Å². The number of rotatable bonds is 2. The lowest BCUT2D eigenvalue weighted by Crippen LogP contribution is -1.64. The molecule has 0 aliphatic heterocycles. The van der Waals surface area contributed by atoms with Gasteiger partial charge in [0, 0.05) is 9.75 Å². The molecule has 66 valence electrons. The molecule has 0 radical (unpaired) electrons. The Morgan fingerprint density at radius 1 is 1.25 bits per heavy atom. The molecule has 0 aliphatic rings. The molecule has 0 N–H and O–H groups in total. The Hall–Kier alpha value is -0.820. The molecule has 1 rings (SSSR count). The van der Waals surface area contributed by atoms with Crippen molar-refractivity contribution in [3.8, 4) is 0 Å². The minimum Gasteiger partial charge on any atom is -0.141 e. The molecule has 1 aromatic rings. The van der Waals surface area contributed by atoms with E-state index in [1.54, 1.807) is 11.3 Å². The molecule has 0 spiro atoms. The van der Waals surface area contributed by atoms with Crippen LogP contribution in [0.2, 0.25) is 0 Å². The Balaban J connectivity index is 0.000000561. The van der Waals surface area contributed by atoms with Crippen LogP contribution in [0.5, 0.6) is 0 Å². The van der Waals surface area contributed by atoms with E-state index < -0.39 is 0 Å². The monoisotopic (exact) mass is 180 g/mol. The van der Waals surface area contributed by atoms with Crippen molar-refractivity contribution in [1.29, 1.82) is 0 Å². The molecule has 1 heteroatoms. The molecule has 0 fully saturated rings. The first-order chi connectivity index (χ1) is 5.77. The van der Waals surface area contributed by atoms with Gasteiger partial charge >= 0.3 is 0 Å². The maximum Gasteiger partial charge on any atom is 0.0339 e. The highest BCUT2D eigenvalue weighted by Gasteiger charge is 1.97. The van der Waals surface area contributed by atoms with Crippen LogP contribution >= 0.6 is 11.3 Å². The van der Waals surface area contributed by atoms with Gasteiger partial charge in [0.1, 0.15) is 0 Å². The van der Waals surface area contributed by atoms with E-state index in [0.717, 1.165) is 0 Å². The fourth-order valence-corrected chi connectivity index (χ4v) is 1.75. The second-order valence-electron chi connectivity index (χ2n) is 2.08. The molecule has 0 bridgehead atoms. The van der Waals surface area contributed by atoms with Crippen molar-refractivity contribution in [2.45, 2.75) is 20.8 Å². The largest absolute Gasteiger partial charge is 0.141 e. The SMILES string of the molecule is C=Cc1cc(C)sc1C=C.CC. The van der Waals surface area contributed by atoms with Crippen LogP contribution in [-0.2, 0) is 0 Å². The summed E-state index contributed by atoms with van der Waals surface area (Å²) in [6, 6.07) is 2.12. The second kappa shape index (κ2) is 5.78. The van der Waals surface area contributed by atoms with Crippen molar-refractivity contribution in [3.05, 3.63) is 34.5 Å². The summed E-state index contributed by atoms with van der Waals surface area (Å²) in [5.41, 5.74) is 1.19. The van der Waals surface area contributed by atoms with Crippen LogP contribution in [0.4, 0.5) is 0 Å². The molecule has 0 aliphatic carbocycles. The maximum absolute atomic E-state index is 3.72. The molecule has 0 nitrogen and oxygen atoms in total. The number of aryl methyl sites for hydroxylation is 1. The van der Waals surface area contributed by atoms with Crippen LogP contribution < -0.4 is 0 Å². The lowest BCUT2D eigenvalue weighted by atomic mass is 10.2. The minimum absolute atomic E-state index is 1.19. The quantitative estimate of drug-likeness (QED) is 0.634. The van der Waals surface area contributed by atoms with Crippen LogP contribution in [-0.4, -0.2) is 0 Å². The van der Waals surface area contributed by atoms with Crippen LogP contribution in [0.3, 0.4) is 0 Å². The smallest absolute Gasteiger partial charge is 0.0339 e. The summed E-state index contributed by atoms with van der Waals surface area (Å²) in [6.45, 7) is 13.5. The van der Waals surface area contributed by atoms with E-state index >= 15 is 0 Å². The van der Waals surface area contributed by atoms with E-state index in [0.29, 0.717) is 0 Å². The first-order valence-corrected chi connectivity index (χ1v) is 4.95. The molecule has 0 saturated carbocycles. The van der Waals surface area contributed by atoms with E-state index in [1.807, 2.05) is 26.0 Å². The topological polar surface area (TPSA) is 0 Å². The van der Waals surface area contributed by atoms with E-state index in [9.17, 15) is 0 Å². The molecule has 0 saturated heterocycles. The van der Waals surface area contributed by atoms with Gasteiger partial charge in [0.15, 0.2) is 0 Å². The van der Waals surface area contributed by atoms with E-state index in [-0.39, 0.29) is 0 Å². The third kappa shape index (κ3) is 2.67. The summed E-state index contributed by atoms with van der Waals surface area (Å²) < 4.78 is 0. The van der Waals surface area contributed by atoms with Gasteiger partial charge in [-0.15, -0.1) is 11.3 Å². The molecule has 0 aromatic carbocycles. The standard InChI is InChI=1S/C9H10S.C2H6/c1-4-8-6-7(3)10-9(8)5-2;1-2/h4-6H,1-2H2,3H3;1-2H3. The fourth-order valence-electron chi connectivity index (χ4n) is 0.871. The zero-order valence-corrected chi connectivity index (χ0v) is 8.87. The van der Waals surface area contributed by atoms with Crippen molar-refractivity contribution in [3.63, 3.8) is 0 Å². The van der Waals surface area contributed by atoms with Gasteiger partial charge in [-0.3, -0.25) is 0 Å². The third-order valence-electron chi connectivity index (χ3n) is 1.32. The summed E-state index contributed by atoms with van der Waals surface area (Å²) >= 11 is 1.75. The summed E-state index contributed by atoms with van der Waals surface area (Å²) in [7, 11) is 0. The Kier molecular flexibility index (Phi) is 5.39. The van der Waals surface area contributed by atoms with Crippen molar-refractivity contribution in [2.24, 2.45) is 0 Å². The predicted octanol–water partition coefficient (Wildman–Crippen LogP) is 4.37. The van der Waals surface area contributed by atoms with Gasteiger partial charge in [-0.25, -0.2) is 0 Å². The molecule has 1 aromatic heterocycles. The van der Waals surface area contributed by atoms with Crippen molar-refractivity contribution >= 4 is 23.5 Å². The van der Waals surface area contributed by atoms with Gasteiger partial charge in [0.2, 0.25) is 0 Å². The van der Waals surface area contributed by atoms with Gasteiger partial charge in [-0.1, -0.05) is 39.2 Å². The van der Waals surface area contributed by atoms with Crippen molar-refractivity contribution < 1.29 is 0 Å². The molecule has 0 unspecified atom stereocenters. The first kappa shape index (κ1) is 11.2. The van der Waals surface area contributed by atoms with E-state index in [1.165, 1.54) is 15.3 Å². The van der Waals surface area contributed by atoms with Crippen molar-refractivity contribution in [1.82, 2.24) is 0 Å². The molecular weight excluding hydrogens is 164 g/mol. The van der Waals surface area contributed by atoms with Crippen molar-refractivity contribution in [2.75, 3.05) is 0 Å². The molecule has 12 heavy (non-hydrogen) atoms. The van der Waals surface area contributed by atoms with E-state index in [4.69, 9.17) is 0 Å². The van der Waals surface area contributed by atoms with Crippen LogP contribution in [0.15, 0.2) is 19.2 Å². The maximum atomic E-state index is 3.72. The fraction of sp³-hybridized carbons (Fsp3) is 0.273. The highest BCUT2D eigenvalue weighted by molar-refractivity contribution is 7.13. The van der Waals surface area contributed by atoms with Gasteiger partial charge in [-0.2, -0.15) is 0 Å². The number of hydrogen-bond acceptors (Lipinski definition) is 1. The first-order valence-electron chi connectivity index (χ1n) is 4.13. The summed E-state index contributed by atoms with van der Waals surface area (Å²) in [5.74, 6) is 0. The molecule has 0 atom stereocenters. The zero-order valence-electron chi connectivity index (χ0n) is 8.05. The minimum atomic E-state index is 1.19. The van der Waals surface area contributed by atoms with Crippen LogP contribution in [0.25, 0.3) is 12.2 Å². The van der Waals surface area contributed by atoms with Gasteiger partial charge in [-0.05, 0) is 18.6 Å². The average molecular weight is 180 g/mol. The van der Waals surface area contributed by atoms with Gasteiger partial charge < -0.3 is 0 Å². The highest BCUT2D eigenvalue weighted by atomic mass is 32.1. The summed E-state index contributed by atoms with van der Waals surface area (Å²) in [5, 5.41) is 0.